The predicted molar refractivity (Wildman–Crippen MR) is 188 cm³/mol. The fourth-order valence-corrected chi connectivity index (χ4v) is 6.17. The highest BCUT2D eigenvalue weighted by molar-refractivity contribution is 5.48. The lowest BCUT2D eigenvalue weighted by Gasteiger charge is -2.39. The van der Waals surface area contributed by atoms with Gasteiger partial charge in [-0.3, -0.25) is 0 Å². The number of benzene rings is 3. The van der Waals surface area contributed by atoms with E-state index < -0.39 is 18.0 Å². The summed E-state index contributed by atoms with van der Waals surface area (Å²) in [4.78, 5) is 0. The highest BCUT2D eigenvalue weighted by Crippen LogP contribution is 2.42. The number of hydrogen-bond donors (Lipinski definition) is 1. The zero-order valence-electron chi connectivity index (χ0n) is 28.4. The van der Waals surface area contributed by atoms with E-state index in [-0.39, 0.29) is 0 Å². The first-order valence-electron chi connectivity index (χ1n) is 17.8. The van der Waals surface area contributed by atoms with Crippen molar-refractivity contribution in [1.29, 1.82) is 0 Å². The van der Waals surface area contributed by atoms with Crippen LogP contribution in [0.25, 0.3) is 0 Å². The van der Waals surface area contributed by atoms with Gasteiger partial charge in [-0.2, -0.15) is 0 Å². The molecule has 0 radical (unpaired) electrons. The monoisotopic (exact) mass is 616 g/mol. The van der Waals surface area contributed by atoms with Gasteiger partial charge in [-0.15, -0.1) is 0 Å². The maximum absolute atomic E-state index is 10.9. The number of aliphatic hydroxyl groups excluding tert-OH is 1. The van der Waals surface area contributed by atoms with Gasteiger partial charge in [-0.25, -0.2) is 0 Å². The van der Waals surface area contributed by atoms with Crippen LogP contribution in [0.2, 0.25) is 0 Å². The molecular weight excluding hydrogens is 556 g/mol. The third-order valence-corrected chi connectivity index (χ3v) is 8.82. The number of aliphatic hydroxyl groups is 1. The lowest BCUT2D eigenvalue weighted by Crippen LogP contribution is -2.42. The molecule has 0 saturated heterocycles. The Labute approximate surface area is 274 Å². The Hall–Kier alpha value is -2.66. The van der Waals surface area contributed by atoms with Gasteiger partial charge in [0.25, 0.3) is 0 Å². The first-order valence-corrected chi connectivity index (χ1v) is 17.8. The topological polar surface area (TPSA) is 47.9 Å². The fourth-order valence-electron chi connectivity index (χ4n) is 6.17. The molecule has 0 amide bonds. The van der Waals surface area contributed by atoms with E-state index in [0.29, 0.717) is 6.61 Å². The van der Waals surface area contributed by atoms with E-state index in [1.165, 1.54) is 89.9 Å². The second-order valence-electron chi connectivity index (χ2n) is 12.5. The quantitative estimate of drug-likeness (QED) is 0.0584. The van der Waals surface area contributed by atoms with Crippen molar-refractivity contribution in [3.63, 3.8) is 0 Å². The van der Waals surface area contributed by atoms with E-state index >= 15 is 0 Å². The molecule has 4 nitrogen and oxygen atoms in total. The number of methoxy groups -OCH3 is 1. The van der Waals surface area contributed by atoms with Gasteiger partial charge < -0.3 is 19.3 Å². The summed E-state index contributed by atoms with van der Waals surface area (Å²) >= 11 is 0. The number of rotatable bonds is 25. The zero-order valence-corrected chi connectivity index (χ0v) is 28.4. The smallest absolute Gasteiger partial charge is 0.185 e. The number of unbranched alkanes of at least 4 members (excludes halogenated alkanes) is 15. The van der Waals surface area contributed by atoms with Crippen LogP contribution in [0.1, 0.15) is 133 Å². The Kier molecular flexibility index (Phi) is 18.0. The van der Waals surface area contributed by atoms with Gasteiger partial charge in [0.05, 0.1) is 7.11 Å². The molecule has 0 aliphatic heterocycles. The molecular formula is C41H60O4. The largest absolute Gasteiger partial charge is 0.497 e. The van der Waals surface area contributed by atoms with Crippen molar-refractivity contribution in [1.82, 2.24) is 0 Å². The van der Waals surface area contributed by atoms with Crippen LogP contribution in [0.4, 0.5) is 0 Å². The van der Waals surface area contributed by atoms with Crippen molar-refractivity contribution in [2.24, 2.45) is 0 Å². The standard InChI is InChI=1S/C41H60O4/c1-4-5-6-7-8-9-10-11-12-13-14-15-16-17-18-25-34-44-40(35(2)42)45-41(36-26-21-19-22-27-36,37-28-23-20-24-29-37)38-30-32-39(43-3)33-31-38/h19-24,26-33,35,40,42H,4-18,25,34H2,1-3H3. The normalized spacial score (nSPS) is 13.1. The Morgan fingerprint density at radius 1 is 0.556 bits per heavy atom. The van der Waals surface area contributed by atoms with Gasteiger partial charge in [0.2, 0.25) is 0 Å². The minimum Gasteiger partial charge on any atom is -0.497 e. The van der Waals surface area contributed by atoms with E-state index in [4.69, 9.17) is 14.2 Å². The predicted octanol–water partition coefficient (Wildman–Crippen LogP) is 11.0. The minimum atomic E-state index is -0.981. The van der Waals surface area contributed by atoms with Gasteiger partial charge in [-0.05, 0) is 42.2 Å². The maximum atomic E-state index is 10.9. The highest BCUT2D eigenvalue weighted by atomic mass is 16.7. The summed E-state index contributed by atoms with van der Waals surface area (Å²) in [6.45, 7) is 4.58. The van der Waals surface area contributed by atoms with Crippen LogP contribution in [0.3, 0.4) is 0 Å². The molecule has 0 aliphatic carbocycles. The molecule has 0 aromatic heterocycles. The van der Waals surface area contributed by atoms with Crippen molar-refractivity contribution in [2.75, 3.05) is 13.7 Å². The molecule has 248 valence electrons. The molecule has 0 fully saturated rings. The molecule has 2 atom stereocenters. The van der Waals surface area contributed by atoms with Gasteiger partial charge in [0.1, 0.15) is 17.5 Å². The molecule has 0 heterocycles. The summed E-state index contributed by atoms with van der Waals surface area (Å²) in [7, 11) is 1.67. The average Bonchev–Trinajstić information content (AvgIpc) is 3.08. The zero-order chi connectivity index (χ0) is 32.0. The number of hydrogen-bond acceptors (Lipinski definition) is 4. The lowest BCUT2D eigenvalue weighted by molar-refractivity contribution is -0.228. The molecule has 4 heteroatoms. The Morgan fingerprint density at radius 3 is 1.36 bits per heavy atom. The summed E-state index contributed by atoms with van der Waals surface area (Å²) in [5.41, 5.74) is 1.90. The molecule has 45 heavy (non-hydrogen) atoms. The Balaban J connectivity index is 1.49. The van der Waals surface area contributed by atoms with Crippen LogP contribution in [0.5, 0.6) is 5.75 Å². The van der Waals surface area contributed by atoms with E-state index in [1.807, 2.05) is 60.7 Å². The van der Waals surface area contributed by atoms with Crippen molar-refractivity contribution >= 4 is 0 Å². The summed E-state index contributed by atoms with van der Waals surface area (Å²) in [6.07, 6.45) is 19.7. The van der Waals surface area contributed by atoms with E-state index in [1.54, 1.807) is 14.0 Å². The third-order valence-electron chi connectivity index (χ3n) is 8.82. The first kappa shape index (κ1) is 36.8. The SMILES string of the molecule is CCCCCCCCCCCCCCCCCCOC(OC(c1ccccc1)(c1ccccc1)c1ccc(OC)cc1)C(C)O. The summed E-state index contributed by atoms with van der Waals surface area (Å²) < 4.78 is 18.7. The van der Waals surface area contributed by atoms with Gasteiger partial charge in [0.15, 0.2) is 6.29 Å². The molecule has 0 aliphatic rings. The van der Waals surface area contributed by atoms with Crippen LogP contribution < -0.4 is 4.74 Å². The van der Waals surface area contributed by atoms with Crippen LogP contribution in [-0.2, 0) is 15.1 Å². The van der Waals surface area contributed by atoms with Crippen molar-refractivity contribution in [3.05, 3.63) is 102 Å². The summed E-state index contributed by atoms with van der Waals surface area (Å²) in [6, 6.07) is 28.4. The third kappa shape index (κ3) is 12.6. The van der Waals surface area contributed by atoms with Crippen LogP contribution in [0, 0.1) is 0 Å². The van der Waals surface area contributed by atoms with Crippen LogP contribution in [-0.4, -0.2) is 31.2 Å². The van der Waals surface area contributed by atoms with Crippen LogP contribution >= 0.6 is 0 Å². The number of ether oxygens (including phenoxy) is 3. The maximum Gasteiger partial charge on any atom is 0.185 e. The fraction of sp³-hybridized carbons (Fsp3) is 0.561. The lowest BCUT2D eigenvalue weighted by atomic mass is 9.80. The van der Waals surface area contributed by atoms with Gasteiger partial charge >= 0.3 is 0 Å². The van der Waals surface area contributed by atoms with Gasteiger partial charge in [-0.1, -0.05) is 176 Å². The molecule has 0 saturated carbocycles. The minimum absolute atomic E-state index is 0.552. The van der Waals surface area contributed by atoms with E-state index in [2.05, 4.69) is 31.2 Å². The molecule has 0 spiro atoms. The second-order valence-corrected chi connectivity index (χ2v) is 12.5. The summed E-state index contributed by atoms with van der Waals surface area (Å²) in [5.74, 6) is 0.778. The van der Waals surface area contributed by atoms with Gasteiger partial charge in [0, 0.05) is 6.61 Å². The molecule has 0 bridgehead atoms. The van der Waals surface area contributed by atoms with E-state index in [0.717, 1.165) is 35.3 Å². The molecule has 3 aromatic rings. The Bertz CT molecular complexity index is 1070. The first-order chi connectivity index (χ1) is 22.1. The molecule has 3 rings (SSSR count). The van der Waals surface area contributed by atoms with Crippen LogP contribution in [0.15, 0.2) is 84.9 Å². The molecule has 2 unspecified atom stereocenters. The summed E-state index contributed by atoms with van der Waals surface area (Å²) in [5, 5.41) is 10.9. The second kappa shape index (κ2) is 22.0. The molecule has 1 N–H and O–H groups in total. The van der Waals surface area contributed by atoms with E-state index in [9.17, 15) is 5.11 Å². The molecule has 3 aromatic carbocycles. The van der Waals surface area contributed by atoms with Crippen molar-refractivity contribution in [3.8, 4) is 5.75 Å². The van der Waals surface area contributed by atoms with Crippen molar-refractivity contribution < 1.29 is 19.3 Å². The van der Waals surface area contributed by atoms with Crippen molar-refractivity contribution in [2.45, 2.75) is 135 Å². The highest BCUT2D eigenvalue weighted by Gasteiger charge is 2.41. The average molecular weight is 617 g/mol. The Morgan fingerprint density at radius 2 is 0.956 bits per heavy atom.